The van der Waals surface area contributed by atoms with Crippen molar-refractivity contribution in [1.29, 1.82) is 0 Å². The largest absolute Gasteiger partial charge is 0.384 e. The van der Waals surface area contributed by atoms with Crippen molar-refractivity contribution in [1.82, 2.24) is 0 Å². The summed E-state index contributed by atoms with van der Waals surface area (Å²) in [6, 6.07) is 9.63. The van der Waals surface area contributed by atoms with E-state index in [0.29, 0.717) is 12.8 Å². The third-order valence-electron chi connectivity index (χ3n) is 2.37. The molecule has 0 spiro atoms. The molecule has 1 nitrogen and oxygen atoms in total. The first-order valence-electron chi connectivity index (χ1n) is 4.94. The van der Waals surface area contributed by atoms with Gasteiger partial charge in [0.25, 0.3) is 0 Å². The summed E-state index contributed by atoms with van der Waals surface area (Å²) in [5, 5.41) is 10.3. The van der Waals surface area contributed by atoms with Crippen LogP contribution in [0.2, 0.25) is 0 Å². The maximum Gasteiger partial charge on any atom is 0.100 e. The Morgan fingerprint density at radius 2 is 2.00 bits per heavy atom. The van der Waals surface area contributed by atoms with E-state index in [1.165, 1.54) is 0 Å². The number of aliphatic hydroxyl groups is 1. The van der Waals surface area contributed by atoms with E-state index in [0.717, 1.165) is 12.0 Å². The van der Waals surface area contributed by atoms with Crippen molar-refractivity contribution in [3.63, 3.8) is 0 Å². The molecule has 0 saturated heterocycles. The normalized spacial score (nSPS) is 14.4. The van der Waals surface area contributed by atoms with Crippen LogP contribution in [0.4, 0.5) is 0 Å². The Morgan fingerprint density at radius 1 is 1.36 bits per heavy atom. The zero-order chi connectivity index (χ0) is 10.4. The number of rotatable bonds is 4. The van der Waals surface area contributed by atoms with Crippen LogP contribution in [0.5, 0.6) is 0 Å². The fraction of sp³-hybridized carbons (Fsp3) is 0.385. The highest BCUT2D eigenvalue weighted by Gasteiger charge is 2.26. The molecule has 0 amide bonds. The standard InChI is InChI=1S/C13H16O/c1-3-10-13(14,11-4-2)12-8-6-5-7-9-12/h1,5-9,14H,4,10-11H2,2H3. The highest BCUT2D eigenvalue weighted by atomic mass is 16.3. The molecule has 1 unspecified atom stereocenters. The van der Waals surface area contributed by atoms with Crippen LogP contribution >= 0.6 is 0 Å². The maximum absolute atomic E-state index is 10.3. The number of hydrogen-bond donors (Lipinski definition) is 1. The lowest BCUT2D eigenvalue weighted by molar-refractivity contribution is 0.0319. The predicted octanol–water partition coefficient (Wildman–Crippen LogP) is 2.70. The lowest BCUT2D eigenvalue weighted by atomic mass is 9.87. The van der Waals surface area contributed by atoms with E-state index in [-0.39, 0.29) is 0 Å². The monoisotopic (exact) mass is 188 g/mol. The molecule has 1 aromatic carbocycles. The Balaban J connectivity index is 2.94. The van der Waals surface area contributed by atoms with E-state index in [1.807, 2.05) is 37.3 Å². The topological polar surface area (TPSA) is 20.2 Å². The molecule has 1 rings (SSSR count). The number of benzene rings is 1. The van der Waals surface area contributed by atoms with Crippen LogP contribution in [0.1, 0.15) is 31.7 Å². The van der Waals surface area contributed by atoms with Crippen molar-refractivity contribution >= 4 is 0 Å². The molecule has 1 heteroatoms. The minimum atomic E-state index is -0.842. The molecule has 0 aromatic heterocycles. The van der Waals surface area contributed by atoms with Gasteiger partial charge in [-0.05, 0) is 12.0 Å². The van der Waals surface area contributed by atoms with E-state index in [4.69, 9.17) is 6.42 Å². The molecule has 0 heterocycles. The average Bonchev–Trinajstić information content (AvgIpc) is 2.20. The molecule has 0 saturated carbocycles. The van der Waals surface area contributed by atoms with Gasteiger partial charge in [0, 0.05) is 6.42 Å². The van der Waals surface area contributed by atoms with E-state index in [2.05, 4.69) is 5.92 Å². The third-order valence-corrected chi connectivity index (χ3v) is 2.37. The Hall–Kier alpha value is -1.26. The van der Waals surface area contributed by atoms with Gasteiger partial charge >= 0.3 is 0 Å². The van der Waals surface area contributed by atoms with Crippen LogP contribution in [-0.2, 0) is 5.60 Å². The van der Waals surface area contributed by atoms with Crippen LogP contribution < -0.4 is 0 Å². The van der Waals surface area contributed by atoms with Crippen LogP contribution in [0, 0.1) is 12.3 Å². The highest BCUT2D eigenvalue weighted by molar-refractivity contribution is 5.23. The lowest BCUT2D eigenvalue weighted by Crippen LogP contribution is -2.24. The summed E-state index contributed by atoms with van der Waals surface area (Å²) in [4.78, 5) is 0. The second kappa shape index (κ2) is 4.83. The second-order valence-electron chi connectivity index (χ2n) is 3.53. The first kappa shape index (κ1) is 10.8. The Kier molecular flexibility index (Phi) is 3.73. The first-order valence-corrected chi connectivity index (χ1v) is 4.94. The molecule has 0 bridgehead atoms. The van der Waals surface area contributed by atoms with Gasteiger partial charge in [0.05, 0.1) is 0 Å². The van der Waals surface area contributed by atoms with E-state index in [9.17, 15) is 5.11 Å². The molecule has 0 aliphatic rings. The van der Waals surface area contributed by atoms with Gasteiger partial charge in [-0.2, -0.15) is 0 Å². The molecule has 1 atom stereocenters. The van der Waals surface area contributed by atoms with Crippen molar-refractivity contribution < 1.29 is 5.11 Å². The quantitative estimate of drug-likeness (QED) is 0.720. The smallest absolute Gasteiger partial charge is 0.100 e. The van der Waals surface area contributed by atoms with Gasteiger partial charge < -0.3 is 5.11 Å². The summed E-state index contributed by atoms with van der Waals surface area (Å²) in [6.07, 6.45) is 7.29. The van der Waals surface area contributed by atoms with Gasteiger partial charge in [0.15, 0.2) is 0 Å². The SMILES string of the molecule is C#CCC(O)(CCC)c1ccccc1. The third kappa shape index (κ3) is 2.37. The van der Waals surface area contributed by atoms with Crippen molar-refractivity contribution in [3.8, 4) is 12.3 Å². The van der Waals surface area contributed by atoms with Gasteiger partial charge in [-0.1, -0.05) is 43.7 Å². The second-order valence-corrected chi connectivity index (χ2v) is 3.53. The highest BCUT2D eigenvalue weighted by Crippen LogP contribution is 2.29. The Labute approximate surface area is 85.8 Å². The molecule has 1 N–H and O–H groups in total. The number of hydrogen-bond acceptors (Lipinski definition) is 1. The fourth-order valence-corrected chi connectivity index (χ4v) is 1.67. The summed E-state index contributed by atoms with van der Waals surface area (Å²) in [5.74, 6) is 2.54. The zero-order valence-corrected chi connectivity index (χ0v) is 8.53. The van der Waals surface area contributed by atoms with Crippen molar-refractivity contribution in [2.75, 3.05) is 0 Å². The lowest BCUT2D eigenvalue weighted by Gasteiger charge is -2.26. The molecule has 74 valence electrons. The van der Waals surface area contributed by atoms with Gasteiger partial charge in [-0.15, -0.1) is 12.3 Å². The molecule has 0 aliphatic carbocycles. The molecule has 1 aromatic rings. The van der Waals surface area contributed by atoms with E-state index >= 15 is 0 Å². The van der Waals surface area contributed by atoms with Crippen molar-refractivity contribution in [3.05, 3.63) is 35.9 Å². The molecular weight excluding hydrogens is 172 g/mol. The zero-order valence-electron chi connectivity index (χ0n) is 8.53. The summed E-state index contributed by atoms with van der Waals surface area (Å²) in [7, 11) is 0. The molecule has 0 radical (unpaired) electrons. The van der Waals surface area contributed by atoms with Crippen LogP contribution in [0.25, 0.3) is 0 Å². The Morgan fingerprint density at radius 3 is 2.50 bits per heavy atom. The summed E-state index contributed by atoms with van der Waals surface area (Å²) < 4.78 is 0. The van der Waals surface area contributed by atoms with E-state index in [1.54, 1.807) is 0 Å². The molecule has 0 fully saturated rings. The minimum Gasteiger partial charge on any atom is -0.384 e. The minimum absolute atomic E-state index is 0.380. The van der Waals surface area contributed by atoms with Crippen molar-refractivity contribution in [2.45, 2.75) is 31.8 Å². The first-order chi connectivity index (χ1) is 6.73. The van der Waals surface area contributed by atoms with Crippen LogP contribution in [0.3, 0.4) is 0 Å². The van der Waals surface area contributed by atoms with E-state index < -0.39 is 5.60 Å². The fourth-order valence-electron chi connectivity index (χ4n) is 1.67. The predicted molar refractivity (Wildman–Crippen MR) is 58.7 cm³/mol. The average molecular weight is 188 g/mol. The van der Waals surface area contributed by atoms with Gasteiger partial charge in [-0.3, -0.25) is 0 Å². The summed E-state index contributed by atoms with van der Waals surface area (Å²) >= 11 is 0. The molecule has 0 aliphatic heterocycles. The molecule has 14 heavy (non-hydrogen) atoms. The molecular formula is C13H16O. The van der Waals surface area contributed by atoms with Gasteiger partial charge in [0.2, 0.25) is 0 Å². The maximum atomic E-state index is 10.3. The Bertz CT molecular complexity index is 310. The van der Waals surface area contributed by atoms with Crippen LogP contribution in [-0.4, -0.2) is 5.11 Å². The number of terminal acetylenes is 1. The van der Waals surface area contributed by atoms with Crippen molar-refractivity contribution in [2.24, 2.45) is 0 Å². The summed E-state index contributed by atoms with van der Waals surface area (Å²) in [6.45, 7) is 2.05. The van der Waals surface area contributed by atoms with Gasteiger partial charge in [0.1, 0.15) is 5.60 Å². The van der Waals surface area contributed by atoms with Crippen LogP contribution in [0.15, 0.2) is 30.3 Å². The summed E-state index contributed by atoms with van der Waals surface area (Å²) in [5.41, 5.74) is 0.0740. The van der Waals surface area contributed by atoms with Gasteiger partial charge in [-0.25, -0.2) is 0 Å².